The summed E-state index contributed by atoms with van der Waals surface area (Å²) in [7, 11) is 0. The van der Waals surface area contributed by atoms with E-state index in [4.69, 9.17) is 37.0 Å². The molecule has 0 radical (unpaired) electrons. The fourth-order valence-corrected chi connectivity index (χ4v) is 6.89. The highest BCUT2D eigenvalue weighted by molar-refractivity contribution is 6.04. The molecule has 0 aliphatic heterocycles. The molecule has 0 N–H and O–H groups in total. The van der Waals surface area contributed by atoms with Crippen LogP contribution >= 0.6 is 0 Å². The number of hydrogen-bond acceptors (Lipinski definition) is 0. The van der Waals surface area contributed by atoms with Crippen LogP contribution in [0.25, 0.3) is 77.5 Å². The molecule has 11 rings (SSSR count). The summed E-state index contributed by atoms with van der Waals surface area (Å²) in [6.07, 6.45) is 0. The van der Waals surface area contributed by atoms with Gasteiger partial charge in [0.25, 0.3) is 0 Å². The highest BCUT2D eigenvalue weighted by Gasteiger charge is 2.36. The average Bonchev–Trinajstić information content (AvgIpc) is 1.58. The number of fused-ring (bicyclic) bond motifs is 4. The van der Waals surface area contributed by atoms with Gasteiger partial charge in [0.05, 0.1) is 52.1 Å². The fraction of sp³-hybridized carbons (Fsp3) is 0.0645. The summed E-state index contributed by atoms with van der Waals surface area (Å²) < 4.78 is 401. The molecule has 1 aliphatic rings. The topological polar surface area (TPSA) is 0 Å². The quantitative estimate of drug-likeness (QED) is 0.134. The van der Waals surface area contributed by atoms with Crippen molar-refractivity contribution in [3.8, 4) is 66.8 Å². The van der Waals surface area contributed by atoms with E-state index in [9.17, 15) is 23.3 Å². The second-order valence-electron chi connectivity index (χ2n) is 13.4. The molecule has 0 heteroatoms. The lowest BCUT2D eigenvalue weighted by molar-refractivity contribution is 0.659. The highest BCUT2D eigenvalue weighted by atomic mass is 14.4. The normalized spacial score (nSPS) is 23.5. The van der Waals surface area contributed by atoms with Gasteiger partial charge >= 0.3 is 0 Å². The molecular formula is C62H46. The summed E-state index contributed by atoms with van der Waals surface area (Å²) in [6.45, 7) is -7.99. The third kappa shape index (κ3) is 6.66. The van der Waals surface area contributed by atoms with Gasteiger partial charge in [-0.15, -0.1) is 0 Å². The first-order chi connectivity index (χ1) is 48.8. The smallest absolute Gasteiger partial charge is 0.0622 e. The molecule has 1 aliphatic carbocycles. The molecule has 294 valence electrons. The summed E-state index contributed by atoms with van der Waals surface area (Å²) in [5.74, 6) is -2.76. The van der Waals surface area contributed by atoms with E-state index in [0.29, 0.717) is 6.07 Å². The minimum Gasteiger partial charge on any atom is -0.0622 e. The molecule has 62 heavy (non-hydrogen) atoms. The third-order valence-corrected chi connectivity index (χ3v) is 9.79. The number of benzene rings is 10. The molecule has 0 aromatic heterocycles. The molecule has 0 nitrogen and oxygen atoms in total. The Balaban J connectivity index is 1.30. The monoisotopic (exact) mass is 835 g/mol. The second kappa shape index (κ2) is 15.5. The van der Waals surface area contributed by atoms with E-state index in [2.05, 4.69) is 0 Å². The number of rotatable bonds is 8. The predicted octanol–water partition coefficient (Wildman–Crippen LogP) is 16.7. The Bertz CT molecular complexity index is 5530. The van der Waals surface area contributed by atoms with Crippen LogP contribution in [0.3, 0.4) is 0 Å². The van der Waals surface area contributed by atoms with Crippen LogP contribution in [-0.4, -0.2) is 0 Å². The molecule has 0 spiro atoms. The van der Waals surface area contributed by atoms with E-state index in [1.165, 1.54) is 0 Å². The molecular weight excluding hydrogens is 745 g/mol. The Morgan fingerprint density at radius 1 is 0.339 bits per heavy atom. The Hall–Kier alpha value is -7.54. The zero-order valence-electron chi connectivity index (χ0n) is 75.2. The van der Waals surface area contributed by atoms with Crippen LogP contribution in [0.5, 0.6) is 0 Å². The van der Waals surface area contributed by atoms with Gasteiger partial charge in [0, 0.05) is 19.6 Å². The molecule has 0 saturated carbocycles. The summed E-state index contributed by atoms with van der Waals surface area (Å²) in [5, 5.41) is -1.88. The van der Waals surface area contributed by atoms with Gasteiger partial charge in [-0.2, -0.15) is 0 Å². The van der Waals surface area contributed by atoms with Crippen LogP contribution in [0.4, 0.5) is 0 Å². The lowest BCUT2D eigenvalue weighted by Gasteiger charge is -2.25. The molecule has 10 aromatic rings. The van der Waals surface area contributed by atoms with Crippen LogP contribution in [0, 0.1) is 0 Å². The average molecular weight is 835 g/mol. The largest absolute Gasteiger partial charge is 0.0630 e. The second-order valence-corrected chi connectivity index (χ2v) is 13.4. The fourth-order valence-electron chi connectivity index (χ4n) is 6.89. The molecule has 0 fully saturated rings. The predicted molar refractivity (Wildman–Crippen MR) is 263 cm³/mol. The SMILES string of the molecule is [2H]c1c(C(c2c([2H])c([2H])c(-c3c([2H])c([2H])c([2H])c([2H])c3[2H])c([2H])c2[2H])c2c([2H])c([2H])c(-c3c([2H])c([2H])c4c([2H])c([2H])c([2H])c([2H])c4c3-c3c([2H])c([2H])c(-c4c([2H])c([2H])c(-c5c([2H])c([2H])c([2H])c([2H])c5[2H])c([2H])c4[2H])c([2H])c3[2H])c([2H])c2[2H])cc2c(c1[2H])-c1c([2H])c([2H])c([2H])c([2H])c1C2(C([2H])([2H])[2H])C([2H])([2H])[2H]. The minimum atomic E-state index is -4.00. The van der Waals surface area contributed by atoms with Crippen LogP contribution < -0.4 is 0 Å². The van der Waals surface area contributed by atoms with Gasteiger partial charge in [0.15, 0.2) is 0 Å². The zero-order chi connectivity index (χ0) is 79.7. The maximum atomic E-state index is 10.1. The van der Waals surface area contributed by atoms with Crippen molar-refractivity contribution >= 4 is 10.8 Å². The molecule has 0 heterocycles. The summed E-state index contributed by atoms with van der Waals surface area (Å²) in [6, 6.07) is -44.8. The first-order valence-electron chi connectivity index (χ1n) is 40.2. The lowest BCUT2D eigenvalue weighted by Crippen LogP contribution is -2.15. The van der Waals surface area contributed by atoms with Crippen molar-refractivity contribution in [1.82, 2.24) is 0 Å². The van der Waals surface area contributed by atoms with E-state index in [-0.39, 0.29) is 0 Å². The standard InChI is InChI=1S/C62H46/c1-62(2)58-20-12-11-19-56(58)57-40-38-53(41-59(57)62)60(50-31-25-45(26-32-50)43-15-7-4-8-16-43)51-35-29-49(30-36-51)55-39-37-48-17-9-10-18-54(48)61(55)52-33-27-47(28-34-52)46-23-21-44(22-24-46)42-13-5-3-6-14-42/h3-41,60H,1-2H3/i1D3,2D3,3D,4D,5D,6D,7D,8D,9D,10D,11D,12D,13D,14D,15D,16D,17D,18D,19D,20D,21D,22D,23D,24D,25D,26D,27D,28D,29D,30D,31D,32D,33D,34D,35D,36D,37D,38D,39D,40D. The zero-order valence-corrected chi connectivity index (χ0v) is 31.2. The number of hydrogen-bond donors (Lipinski definition) is 0. The lowest BCUT2D eigenvalue weighted by atomic mass is 9.78. The molecule has 1 unspecified atom stereocenters. The molecule has 0 amide bonds. The van der Waals surface area contributed by atoms with E-state index in [0.717, 1.165) is 0 Å². The van der Waals surface area contributed by atoms with Crippen molar-refractivity contribution in [3.63, 3.8) is 0 Å². The van der Waals surface area contributed by atoms with Crippen molar-refractivity contribution in [3.05, 3.63) is 263 Å². The third-order valence-electron chi connectivity index (χ3n) is 9.79. The van der Waals surface area contributed by atoms with E-state index in [1.54, 1.807) is 0 Å². The Morgan fingerprint density at radius 3 is 1.37 bits per heavy atom. The van der Waals surface area contributed by atoms with Crippen LogP contribution in [0.2, 0.25) is 0 Å². The van der Waals surface area contributed by atoms with E-state index in [1.807, 2.05) is 0 Å². The van der Waals surface area contributed by atoms with Crippen LogP contribution in [0.15, 0.2) is 236 Å². The maximum Gasteiger partial charge on any atom is 0.0630 e. The van der Waals surface area contributed by atoms with Gasteiger partial charge in [-0.3, -0.25) is 0 Å². The Morgan fingerprint density at radius 2 is 0.774 bits per heavy atom. The first kappa shape index (κ1) is 13.2. The van der Waals surface area contributed by atoms with Gasteiger partial charge in [-0.25, -0.2) is 0 Å². The van der Waals surface area contributed by atoms with Gasteiger partial charge in [0.2, 0.25) is 0 Å². The van der Waals surface area contributed by atoms with Crippen LogP contribution in [0.1, 0.15) is 108 Å². The van der Waals surface area contributed by atoms with E-state index >= 15 is 0 Å². The van der Waals surface area contributed by atoms with Crippen molar-refractivity contribution in [2.24, 2.45) is 0 Å². The highest BCUT2D eigenvalue weighted by Crippen LogP contribution is 2.50. The van der Waals surface area contributed by atoms with Gasteiger partial charge in [0.1, 0.15) is 0 Å². The molecule has 1 atom stereocenters. The molecule has 0 bridgehead atoms. The summed E-state index contributed by atoms with van der Waals surface area (Å²) >= 11 is 0. The van der Waals surface area contributed by atoms with Crippen molar-refractivity contribution < 1.29 is 60.3 Å². The van der Waals surface area contributed by atoms with Gasteiger partial charge < -0.3 is 0 Å². The summed E-state index contributed by atoms with van der Waals surface area (Å²) in [5.41, 5.74) is -21.6. The van der Waals surface area contributed by atoms with Crippen molar-refractivity contribution in [2.45, 2.75) is 25.0 Å². The Kier molecular flexibility index (Phi) is 3.31. The van der Waals surface area contributed by atoms with E-state index < -0.39 is 360 Å². The Labute approximate surface area is 427 Å². The maximum absolute atomic E-state index is 10.1. The first-order valence-corrected chi connectivity index (χ1v) is 18.2. The summed E-state index contributed by atoms with van der Waals surface area (Å²) in [4.78, 5) is 0. The van der Waals surface area contributed by atoms with Gasteiger partial charge in [-0.05, 0) is 105 Å². The van der Waals surface area contributed by atoms with Crippen molar-refractivity contribution in [2.75, 3.05) is 0 Å². The minimum absolute atomic E-state index is 0.522. The molecule has 0 saturated heterocycles. The van der Waals surface area contributed by atoms with Crippen LogP contribution in [-0.2, 0) is 5.41 Å². The van der Waals surface area contributed by atoms with Gasteiger partial charge in [-0.1, -0.05) is 249 Å². The molecule has 10 aromatic carbocycles. The van der Waals surface area contributed by atoms with Crippen molar-refractivity contribution in [1.29, 1.82) is 0 Å².